The standard InChI is InChI=1S/C11H9ClN2O2/c1-6-9(14-10(13-6)11(15)16)7-3-2-4-8(12)5-7/h2-5H,1H3,(H,13,14)(H,15,16). The van der Waals surface area contributed by atoms with E-state index < -0.39 is 5.97 Å². The molecule has 4 nitrogen and oxygen atoms in total. The summed E-state index contributed by atoms with van der Waals surface area (Å²) in [7, 11) is 0. The largest absolute Gasteiger partial charge is 0.475 e. The Kier molecular flexibility index (Phi) is 2.66. The molecule has 2 rings (SSSR count). The van der Waals surface area contributed by atoms with E-state index in [0.29, 0.717) is 16.4 Å². The Morgan fingerprint density at radius 1 is 1.50 bits per heavy atom. The fourth-order valence-electron chi connectivity index (χ4n) is 1.48. The van der Waals surface area contributed by atoms with Gasteiger partial charge in [0, 0.05) is 16.3 Å². The highest BCUT2D eigenvalue weighted by atomic mass is 35.5. The zero-order valence-corrected chi connectivity index (χ0v) is 9.25. The van der Waals surface area contributed by atoms with E-state index in [9.17, 15) is 4.79 Å². The second-order valence-electron chi connectivity index (χ2n) is 3.37. The quantitative estimate of drug-likeness (QED) is 0.843. The number of H-pyrrole nitrogens is 1. The predicted octanol–water partition coefficient (Wildman–Crippen LogP) is 2.74. The third kappa shape index (κ3) is 1.92. The summed E-state index contributed by atoms with van der Waals surface area (Å²) < 4.78 is 0. The van der Waals surface area contributed by atoms with Gasteiger partial charge in [-0.15, -0.1) is 0 Å². The number of hydrogen-bond acceptors (Lipinski definition) is 2. The molecule has 0 radical (unpaired) electrons. The topological polar surface area (TPSA) is 66.0 Å². The lowest BCUT2D eigenvalue weighted by Crippen LogP contribution is -1.98. The van der Waals surface area contributed by atoms with E-state index in [2.05, 4.69) is 9.97 Å². The number of nitrogens with one attached hydrogen (secondary N) is 1. The zero-order chi connectivity index (χ0) is 11.7. The molecule has 0 amide bonds. The second-order valence-corrected chi connectivity index (χ2v) is 3.81. The average molecular weight is 237 g/mol. The van der Waals surface area contributed by atoms with Crippen LogP contribution in [0.25, 0.3) is 11.3 Å². The molecule has 1 aromatic heterocycles. The predicted molar refractivity (Wildman–Crippen MR) is 60.7 cm³/mol. The van der Waals surface area contributed by atoms with Gasteiger partial charge in [0.2, 0.25) is 5.82 Å². The van der Waals surface area contributed by atoms with Crippen molar-refractivity contribution in [3.8, 4) is 11.3 Å². The van der Waals surface area contributed by atoms with E-state index in [0.717, 1.165) is 5.56 Å². The van der Waals surface area contributed by atoms with Crippen molar-refractivity contribution >= 4 is 17.6 Å². The second kappa shape index (κ2) is 3.98. The van der Waals surface area contributed by atoms with E-state index in [1.165, 1.54) is 0 Å². The molecule has 0 aliphatic carbocycles. The molecule has 1 heterocycles. The van der Waals surface area contributed by atoms with Gasteiger partial charge >= 0.3 is 5.97 Å². The summed E-state index contributed by atoms with van der Waals surface area (Å²) in [4.78, 5) is 17.5. The lowest BCUT2D eigenvalue weighted by Gasteiger charge is -1.98. The van der Waals surface area contributed by atoms with Crippen LogP contribution in [0.15, 0.2) is 24.3 Å². The number of aromatic nitrogens is 2. The van der Waals surface area contributed by atoms with Crippen LogP contribution in [0.1, 0.15) is 16.3 Å². The van der Waals surface area contributed by atoms with E-state index in [1.807, 2.05) is 6.07 Å². The highest BCUT2D eigenvalue weighted by molar-refractivity contribution is 6.30. The van der Waals surface area contributed by atoms with Gasteiger partial charge in [-0.05, 0) is 19.1 Å². The monoisotopic (exact) mass is 236 g/mol. The molecular weight excluding hydrogens is 228 g/mol. The highest BCUT2D eigenvalue weighted by Crippen LogP contribution is 2.23. The summed E-state index contributed by atoms with van der Waals surface area (Å²) in [5, 5.41) is 9.40. The van der Waals surface area contributed by atoms with Gasteiger partial charge in [0.15, 0.2) is 0 Å². The van der Waals surface area contributed by atoms with Crippen LogP contribution in [0.4, 0.5) is 0 Å². The van der Waals surface area contributed by atoms with E-state index >= 15 is 0 Å². The van der Waals surface area contributed by atoms with Crippen LogP contribution >= 0.6 is 11.6 Å². The first-order valence-corrected chi connectivity index (χ1v) is 5.01. The van der Waals surface area contributed by atoms with Crippen molar-refractivity contribution in [2.24, 2.45) is 0 Å². The van der Waals surface area contributed by atoms with Crippen molar-refractivity contribution in [2.75, 3.05) is 0 Å². The summed E-state index contributed by atoms with van der Waals surface area (Å²) >= 11 is 5.86. The number of carbonyl (C=O) groups is 1. The summed E-state index contributed by atoms with van der Waals surface area (Å²) in [5.74, 6) is -1.14. The van der Waals surface area contributed by atoms with Gasteiger partial charge < -0.3 is 10.1 Å². The molecule has 0 aliphatic rings. The molecule has 5 heteroatoms. The first-order chi connectivity index (χ1) is 7.58. The number of imidazole rings is 1. The Balaban J connectivity index is 2.52. The number of carboxylic acids is 1. The normalized spacial score (nSPS) is 10.4. The summed E-state index contributed by atoms with van der Waals surface area (Å²) in [5.41, 5.74) is 2.12. The van der Waals surface area contributed by atoms with Crippen LogP contribution in [0.3, 0.4) is 0 Å². The first kappa shape index (κ1) is 10.7. The van der Waals surface area contributed by atoms with Crippen LogP contribution < -0.4 is 0 Å². The fourth-order valence-corrected chi connectivity index (χ4v) is 1.67. The molecule has 0 fully saturated rings. The fraction of sp³-hybridized carbons (Fsp3) is 0.0909. The van der Waals surface area contributed by atoms with Crippen molar-refractivity contribution in [3.05, 3.63) is 40.8 Å². The molecule has 82 valence electrons. The molecule has 0 unspecified atom stereocenters. The minimum atomic E-state index is -1.07. The Hall–Kier alpha value is -1.81. The van der Waals surface area contributed by atoms with Crippen molar-refractivity contribution in [1.82, 2.24) is 9.97 Å². The third-order valence-electron chi connectivity index (χ3n) is 2.19. The molecule has 2 aromatic rings. The molecule has 0 saturated heterocycles. The van der Waals surface area contributed by atoms with Crippen LogP contribution in [0.2, 0.25) is 5.02 Å². The molecule has 2 N–H and O–H groups in total. The molecule has 0 atom stereocenters. The van der Waals surface area contributed by atoms with Gasteiger partial charge in [0.1, 0.15) is 0 Å². The van der Waals surface area contributed by atoms with Gasteiger partial charge in [-0.25, -0.2) is 9.78 Å². The van der Waals surface area contributed by atoms with Gasteiger partial charge in [0.05, 0.1) is 5.69 Å². The number of aromatic carboxylic acids is 1. The van der Waals surface area contributed by atoms with Gasteiger partial charge in [-0.2, -0.15) is 0 Å². The molecule has 0 aliphatic heterocycles. The number of aromatic amines is 1. The lowest BCUT2D eigenvalue weighted by molar-refractivity contribution is 0.0684. The van der Waals surface area contributed by atoms with E-state index in [1.54, 1.807) is 25.1 Å². The zero-order valence-electron chi connectivity index (χ0n) is 8.49. The number of aryl methyl sites for hydroxylation is 1. The average Bonchev–Trinajstić information content (AvgIpc) is 2.60. The van der Waals surface area contributed by atoms with Crippen molar-refractivity contribution < 1.29 is 9.90 Å². The highest BCUT2D eigenvalue weighted by Gasteiger charge is 2.13. The van der Waals surface area contributed by atoms with Crippen LogP contribution in [-0.4, -0.2) is 21.0 Å². The van der Waals surface area contributed by atoms with Crippen LogP contribution in [0, 0.1) is 6.92 Å². The number of benzene rings is 1. The number of halogens is 1. The van der Waals surface area contributed by atoms with Gasteiger partial charge in [-0.3, -0.25) is 0 Å². The molecule has 16 heavy (non-hydrogen) atoms. The number of nitrogens with zero attached hydrogens (tertiary/aromatic N) is 1. The SMILES string of the molecule is Cc1[nH]c(C(=O)O)nc1-c1cccc(Cl)c1. The molecule has 0 saturated carbocycles. The van der Waals surface area contributed by atoms with Crippen LogP contribution in [0.5, 0.6) is 0 Å². The summed E-state index contributed by atoms with van der Waals surface area (Å²) in [6.45, 7) is 1.77. The minimum absolute atomic E-state index is 0.0625. The smallest absolute Gasteiger partial charge is 0.371 e. The minimum Gasteiger partial charge on any atom is -0.475 e. The van der Waals surface area contributed by atoms with E-state index in [4.69, 9.17) is 16.7 Å². The third-order valence-corrected chi connectivity index (χ3v) is 2.42. The summed E-state index contributed by atoms with van der Waals surface area (Å²) in [6.07, 6.45) is 0. The van der Waals surface area contributed by atoms with Gasteiger partial charge in [0.25, 0.3) is 0 Å². The maximum atomic E-state index is 10.7. The maximum Gasteiger partial charge on any atom is 0.371 e. The number of hydrogen-bond donors (Lipinski definition) is 2. The van der Waals surface area contributed by atoms with Crippen molar-refractivity contribution in [2.45, 2.75) is 6.92 Å². The Morgan fingerprint density at radius 3 is 2.81 bits per heavy atom. The Morgan fingerprint density at radius 2 is 2.25 bits per heavy atom. The molecule has 0 bridgehead atoms. The van der Waals surface area contributed by atoms with Gasteiger partial charge in [-0.1, -0.05) is 23.7 Å². The first-order valence-electron chi connectivity index (χ1n) is 4.64. The lowest BCUT2D eigenvalue weighted by atomic mass is 10.1. The Bertz CT molecular complexity index is 549. The molecule has 0 spiro atoms. The molecule has 1 aromatic carbocycles. The Labute approximate surface area is 96.9 Å². The number of rotatable bonds is 2. The number of carboxylic acid groups (broad SMARTS) is 1. The molecular formula is C11H9ClN2O2. The van der Waals surface area contributed by atoms with Crippen molar-refractivity contribution in [3.63, 3.8) is 0 Å². The summed E-state index contributed by atoms with van der Waals surface area (Å²) in [6, 6.07) is 7.13. The van der Waals surface area contributed by atoms with Crippen LogP contribution in [-0.2, 0) is 0 Å². The maximum absolute atomic E-state index is 10.7. The van der Waals surface area contributed by atoms with E-state index in [-0.39, 0.29) is 5.82 Å². The van der Waals surface area contributed by atoms with Crippen molar-refractivity contribution in [1.29, 1.82) is 0 Å².